The number of esters is 1. The fraction of sp³-hybridized carbons (Fsp3) is 0.818. The molecule has 5 heteroatoms. The Kier molecular flexibility index (Phi) is 7.54. The van der Waals surface area contributed by atoms with Gasteiger partial charge in [-0.25, -0.2) is 0 Å². The van der Waals surface area contributed by atoms with Crippen LogP contribution in [-0.4, -0.2) is 38.1 Å². The standard InChI is InChI=1S/C11H22N2O3/c1-8(2)7-13-10(14)5-6-12-9(3)11(15)16-4/h8-9,12H,5-7H2,1-4H3,(H,13,14). The summed E-state index contributed by atoms with van der Waals surface area (Å²) in [7, 11) is 1.34. The SMILES string of the molecule is COC(=O)C(C)NCCC(=O)NCC(C)C. The van der Waals surface area contributed by atoms with Crippen molar-refractivity contribution >= 4 is 11.9 Å². The maximum atomic E-state index is 11.3. The van der Waals surface area contributed by atoms with Gasteiger partial charge in [0.05, 0.1) is 7.11 Å². The minimum absolute atomic E-state index is 0.00161. The molecule has 2 N–H and O–H groups in total. The average Bonchev–Trinajstić information content (AvgIpc) is 2.24. The van der Waals surface area contributed by atoms with E-state index in [4.69, 9.17) is 0 Å². The first-order valence-corrected chi connectivity index (χ1v) is 5.55. The second-order valence-corrected chi connectivity index (χ2v) is 4.15. The highest BCUT2D eigenvalue weighted by Crippen LogP contribution is 1.89. The van der Waals surface area contributed by atoms with Gasteiger partial charge in [0, 0.05) is 19.5 Å². The molecule has 1 amide bonds. The zero-order valence-electron chi connectivity index (χ0n) is 10.5. The molecule has 94 valence electrons. The summed E-state index contributed by atoms with van der Waals surface area (Å²) in [4.78, 5) is 22.3. The molecule has 0 aromatic carbocycles. The second kappa shape index (κ2) is 8.10. The molecule has 16 heavy (non-hydrogen) atoms. The van der Waals surface area contributed by atoms with Crippen LogP contribution < -0.4 is 10.6 Å². The van der Waals surface area contributed by atoms with Crippen LogP contribution in [0.3, 0.4) is 0 Å². The molecule has 0 rings (SSSR count). The number of carbonyl (C=O) groups excluding carboxylic acids is 2. The van der Waals surface area contributed by atoms with Crippen LogP contribution in [0, 0.1) is 5.92 Å². The van der Waals surface area contributed by atoms with Gasteiger partial charge >= 0.3 is 5.97 Å². The van der Waals surface area contributed by atoms with Gasteiger partial charge in [0.2, 0.25) is 5.91 Å². The lowest BCUT2D eigenvalue weighted by Crippen LogP contribution is -2.37. The van der Waals surface area contributed by atoms with Crippen molar-refractivity contribution in [3.05, 3.63) is 0 Å². The van der Waals surface area contributed by atoms with Crippen molar-refractivity contribution in [1.29, 1.82) is 0 Å². The first-order chi connectivity index (χ1) is 7.47. The van der Waals surface area contributed by atoms with Gasteiger partial charge in [-0.1, -0.05) is 13.8 Å². The molecule has 0 aliphatic carbocycles. The van der Waals surface area contributed by atoms with E-state index in [1.54, 1.807) is 6.92 Å². The lowest BCUT2D eigenvalue weighted by molar-refractivity contribution is -0.142. The van der Waals surface area contributed by atoms with Crippen molar-refractivity contribution in [2.24, 2.45) is 5.92 Å². The van der Waals surface area contributed by atoms with Crippen molar-refractivity contribution in [3.63, 3.8) is 0 Å². The molecule has 0 aliphatic rings. The molecule has 0 fully saturated rings. The van der Waals surface area contributed by atoms with Crippen LogP contribution in [0.4, 0.5) is 0 Å². The van der Waals surface area contributed by atoms with E-state index in [9.17, 15) is 9.59 Å². The number of hydrogen-bond donors (Lipinski definition) is 2. The Morgan fingerprint density at radius 1 is 1.25 bits per heavy atom. The summed E-state index contributed by atoms with van der Waals surface area (Å²) in [6.07, 6.45) is 0.369. The van der Waals surface area contributed by atoms with Crippen LogP contribution in [0.2, 0.25) is 0 Å². The number of methoxy groups -OCH3 is 1. The number of nitrogens with one attached hydrogen (secondary N) is 2. The highest BCUT2D eigenvalue weighted by Gasteiger charge is 2.12. The zero-order valence-corrected chi connectivity index (χ0v) is 10.5. The third-order valence-corrected chi connectivity index (χ3v) is 2.06. The number of carbonyl (C=O) groups is 2. The zero-order chi connectivity index (χ0) is 12.6. The Morgan fingerprint density at radius 3 is 2.38 bits per heavy atom. The first-order valence-electron chi connectivity index (χ1n) is 5.55. The van der Waals surface area contributed by atoms with E-state index in [1.165, 1.54) is 7.11 Å². The Labute approximate surface area is 96.9 Å². The van der Waals surface area contributed by atoms with E-state index < -0.39 is 0 Å². The van der Waals surface area contributed by atoms with E-state index >= 15 is 0 Å². The van der Waals surface area contributed by atoms with Crippen LogP contribution in [0.5, 0.6) is 0 Å². The summed E-state index contributed by atoms with van der Waals surface area (Å²) in [6.45, 7) is 6.94. The molecule has 5 nitrogen and oxygen atoms in total. The third kappa shape index (κ3) is 7.23. The second-order valence-electron chi connectivity index (χ2n) is 4.15. The molecular weight excluding hydrogens is 208 g/mol. The smallest absolute Gasteiger partial charge is 0.322 e. The monoisotopic (exact) mass is 230 g/mol. The van der Waals surface area contributed by atoms with E-state index in [1.807, 2.05) is 13.8 Å². The largest absolute Gasteiger partial charge is 0.468 e. The summed E-state index contributed by atoms with van der Waals surface area (Å²) in [5.74, 6) is 0.131. The van der Waals surface area contributed by atoms with Crippen LogP contribution in [0.1, 0.15) is 27.2 Å². The quantitative estimate of drug-likeness (QED) is 0.617. The topological polar surface area (TPSA) is 67.4 Å². The van der Waals surface area contributed by atoms with Gasteiger partial charge in [-0.15, -0.1) is 0 Å². The molecule has 0 bridgehead atoms. The number of ether oxygens (including phenoxy) is 1. The molecule has 0 aromatic heterocycles. The summed E-state index contributed by atoms with van der Waals surface area (Å²) < 4.78 is 4.55. The molecular formula is C11H22N2O3. The molecule has 0 saturated carbocycles. The Hall–Kier alpha value is -1.10. The molecule has 0 saturated heterocycles. The summed E-state index contributed by atoms with van der Waals surface area (Å²) in [6, 6.07) is -0.372. The normalized spacial score (nSPS) is 12.3. The van der Waals surface area contributed by atoms with Crippen molar-refractivity contribution < 1.29 is 14.3 Å². The maximum Gasteiger partial charge on any atom is 0.322 e. The van der Waals surface area contributed by atoms with E-state index in [0.717, 1.165) is 0 Å². The van der Waals surface area contributed by atoms with E-state index in [0.29, 0.717) is 25.4 Å². The van der Waals surface area contributed by atoms with Gasteiger partial charge in [-0.3, -0.25) is 9.59 Å². The Bertz CT molecular complexity index is 229. The lowest BCUT2D eigenvalue weighted by Gasteiger charge is -2.11. The van der Waals surface area contributed by atoms with Crippen molar-refractivity contribution in [1.82, 2.24) is 10.6 Å². The molecule has 0 radical (unpaired) electrons. The first kappa shape index (κ1) is 14.9. The minimum Gasteiger partial charge on any atom is -0.468 e. The number of amides is 1. The Morgan fingerprint density at radius 2 is 1.88 bits per heavy atom. The maximum absolute atomic E-state index is 11.3. The van der Waals surface area contributed by atoms with E-state index in [-0.39, 0.29) is 17.9 Å². The predicted octanol–water partition coefficient (Wildman–Crippen LogP) is 0.300. The fourth-order valence-corrected chi connectivity index (χ4v) is 1.07. The third-order valence-electron chi connectivity index (χ3n) is 2.06. The Balaban J connectivity index is 3.58. The van der Waals surface area contributed by atoms with Crippen LogP contribution >= 0.6 is 0 Å². The predicted molar refractivity (Wildman–Crippen MR) is 61.9 cm³/mol. The van der Waals surface area contributed by atoms with Crippen molar-refractivity contribution in [3.8, 4) is 0 Å². The molecule has 0 aromatic rings. The van der Waals surface area contributed by atoms with Crippen molar-refractivity contribution in [2.45, 2.75) is 33.2 Å². The van der Waals surface area contributed by atoms with Gasteiger partial charge in [0.1, 0.15) is 6.04 Å². The highest BCUT2D eigenvalue weighted by molar-refractivity contribution is 5.77. The van der Waals surface area contributed by atoms with Crippen LogP contribution in [0.25, 0.3) is 0 Å². The van der Waals surface area contributed by atoms with Crippen molar-refractivity contribution in [2.75, 3.05) is 20.2 Å². The van der Waals surface area contributed by atoms with Crippen LogP contribution in [0.15, 0.2) is 0 Å². The fourth-order valence-electron chi connectivity index (χ4n) is 1.07. The molecule has 0 aliphatic heterocycles. The summed E-state index contributed by atoms with van der Waals surface area (Å²) in [5, 5.41) is 5.72. The number of rotatable bonds is 7. The van der Waals surface area contributed by atoms with Gasteiger partial charge in [-0.2, -0.15) is 0 Å². The summed E-state index contributed by atoms with van der Waals surface area (Å²) >= 11 is 0. The van der Waals surface area contributed by atoms with Gasteiger partial charge in [-0.05, 0) is 12.8 Å². The van der Waals surface area contributed by atoms with Gasteiger partial charge in [0.25, 0.3) is 0 Å². The van der Waals surface area contributed by atoms with Gasteiger partial charge < -0.3 is 15.4 Å². The number of hydrogen-bond acceptors (Lipinski definition) is 4. The molecule has 1 atom stereocenters. The van der Waals surface area contributed by atoms with Gasteiger partial charge in [0.15, 0.2) is 0 Å². The van der Waals surface area contributed by atoms with E-state index in [2.05, 4.69) is 15.4 Å². The van der Waals surface area contributed by atoms with Crippen LogP contribution in [-0.2, 0) is 14.3 Å². The molecule has 0 heterocycles. The highest BCUT2D eigenvalue weighted by atomic mass is 16.5. The molecule has 0 spiro atoms. The average molecular weight is 230 g/mol. The minimum atomic E-state index is -0.372. The summed E-state index contributed by atoms with van der Waals surface area (Å²) in [5.41, 5.74) is 0. The lowest BCUT2D eigenvalue weighted by atomic mass is 10.2. The molecule has 1 unspecified atom stereocenters.